The number of aromatic nitrogens is 2. The van der Waals surface area contributed by atoms with E-state index in [9.17, 15) is 9.59 Å². The van der Waals surface area contributed by atoms with E-state index in [0.29, 0.717) is 19.4 Å². The van der Waals surface area contributed by atoms with Crippen LogP contribution in [0.4, 0.5) is 5.69 Å². The van der Waals surface area contributed by atoms with Gasteiger partial charge in [0.2, 0.25) is 11.8 Å². The number of likely N-dealkylation sites (tertiary alicyclic amines) is 1. The van der Waals surface area contributed by atoms with Gasteiger partial charge in [-0.15, -0.1) is 0 Å². The Labute approximate surface area is 162 Å². The molecular weight excluding hydrogens is 354 g/mol. The lowest BCUT2D eigenvalue weighted by atomic mass is 10.1. The van der Waals surface area contributed by atoms with Crippen molar-refractivity contribution in [2.75, 3.05) is 11.9 Å². The van der Waals surface area contributed by atoms with Crippen LogP contribution in [0.15, 0.2) is 55.0 Å². The van der Waals surface area contributed by atoms with Crippen molar-refractivity contribution < 1.29 is 9.59 Å². The van der Waals surface area contributed by atoms with E-state index in [-0.39, 0.29) is 11.8 Å². The molecule has 2 heterocycles. The molecule has 0 bridgehead atoms. The summed E-state index contributed by atoms with van der Waals surface area (Å²) < 4.78 is 0. The van der Waals surface area contributed by atoms with Gasteiger partial charge in [0.15, 0.2) is 0 Å². The number of carbonyl (C=O) groups is 2. The van der Waals surface area contributed by atoms with Crippen molar-refractivity contribution in [2.24, 2.45) is 5.73 Å². The quantitative estimate of drug-likeness (QED) is 0.633. The smallest absolute Gasteiger partial charge is 0.247 e. The molecule has 4 N–H and O–H groups in total. The van der Waals surface area contributed by atoms with Gasteiger partial charge in [0, 0.05) is 30.5 Å². The summed E-state index contributed by atoms with van der Waals surface area (Å²) in [6.45, 7) is 0.547. The van der Waals surface area contributed by atoms with Crippen molar-refractivity contribution in [2.45, 2.75) is 31.3 Å². The third kappa shape index (κ3) is 3.75. The molecule has 4 rings (SSSR count). The van der Waals surface area contributed by atoms with E-state index >= 15 is 0 Å². The average molecular weight is 377 g/mol. The number of hydrogen-bond acceptors (Lipinski definition) is 4. The van der Waals surface area contributed by atoms with E-state index in [1.54, 1.807) is 17.4 Å². The minimum atomic E-state index is -0.700. The van der Waals surface area contributed by atoms with Gasteiger partial charge in [-0.05, 0) is 35.7 Å². The number of anilines is 1. The molecule has 1 aromatic heterocycles. The lowest BCUT2D eigenvalue weighted by Crippen LogP contribution is -2.50. The second-order valence-electron chi connectivity index (χ2n) is 7.13. The summed E-state index contributed by atoms with van der Waals surface area (Å²) in [5, 5.41) is 5.13. The number of imidazole rings is 1. The zero-order chi connectivity index (χ0) is 19.5. The van der Waals surface area contributed by atoms with Crippen molar-refractivity contribution in [3.05, 3.63) is 60.7 Å². The molecular formula is C21H23N5O2. The van der Waals surface area contributed by atoms with Crippen LogP contribution in [0.1, 0.15) is 18.5 Å². The van der Waals surface area contributed by atoms with Crippen LogP contribution in [0.5, 0.6) is 0 Å². The summed E-state index contributed by atoms with van der Waals surface area (Å²) in [7, 11) is 0. The van der Waals surface area contributed by atoms with Crippen LogP contribution in [-0.2, 0) is 16.0 Å². The molecule has 1 aliphatic heterocycles. The van der Waals surface area contributed by atoms with Crippen molar-refractivity contribution >= 4 is 28.3 Å². The van der Waals surface area contributed by atoms with Crippen molar-refractivity contribution in [1.82, 2.24) is 14.9 Å². The maximum atomic E-state index is 12.8. The van der Waals surface area contributed by atoms with Gasteiger partial charge in [-0.1, -0.05) is 30.3 Å². The van der Waals surface area contributed by atoms with Crippen LogP contribution in [0, 0.1) is 0 Å². The first-order valence-corrected chi connectivity index (χ1v) is 9.45. The van der Waals surface area contributed by atoms with Crippen LogP contribution in [0.2, 0.25) is 0 Å². The van der Waals surface area contributed by atoms with Gasteiger partial charge < -0.3 is 20.9 Å². The second-order valence-corrected chi connectivity index (χ2v) is 7.13. The highest BCUT2D eigenvalue weighted by molar-refractivity contribution is 5.99. The van der Waals surface area contributed by atoms with Crippen molar-refractivity contribution in [3.63, 3.8) is 0 Å². The summed E-state index contributed by atoms with van der Waals surface area (Å²) >= 11 is 0. The largest absolute Gasteiger partial charge is 0.348 e. The van der Waals surface area contributed by atoms with Crippen LogP contribution >= 0.6 is 0 Å². The molecule has 3 aromatic rings. The lowest BCUT2D eigenvalue weighted by molar-refractivity contribution is -0.137. The van der Waals surface area contributed by atoms with Gasteiger partial charge in [0.1, 0.15) is 6.04 Å². The number of nitrogens with zero attached hydrogens (tertiary/aromatic N) is 2. The Morgan fingerprint density at radius 1 is 1.25 bits per heavy atom. The number of amides is 2. The molecule has 2 aromatic carbocycles. The van der Waals surface area contributed by atoms with E-state index in [1.165, 1.54) is 0 Å². The molecule has 2 atom stereocenters. The number of H-pyrrole nitrogens is 1. The first-order valence-electron chi connectivity index (χ1n) is 9.45. The fourth-order valence-corrected chi connectivity index (χ4v) is 3.73. The molecule has 1 fully saturated rings. The molecule has 0 radical (unpaired) electrons. The molecule has 1 aliphatic rings. The Morgan fingerprint density at radius 2 is 2.07 bits per heavy atom. The normalized spacial score (nSPS) is 17.6. The number of nitrogens with one attached hydrogen (secondary N) is 2. The molecule has 0 unspecified atom stereocenters. The molecule has 7 heteroatoms. The maximum Gasteiger partial charge on any atom is 0.247 e. The van der Waals surface area contributed by atoms with Gasteiger partial charge in [-0.2, -0.15) is 0 Å². The van der Waals surface area contributed by atoms with E-state index < -0.39 is 12.1 Å². The number of benzene rings is 2. The predicted octanol–water partition coefficient (Wildman–Crippen LogP) is 2.06. The molecule has 1 saturated heterocycles. The Bertz CT molecular complexity index is 985. The zero-order valence-electron chi connectivity index (χ0n) is 15.5. The summed E-state index contributed by atoms with van der Waals surface area (Å²) in [4.78, 5) is 34.1. The van der Waals surface area contributed by atoms with Crippen LogP contribution in [0.3, 0.4) is 0 Å². The number of carbonyl (C=O) groups excluding carboxylic acids is 2. The molecule has 0 aliphatic carbocycles. The lowest BCUT2D eigenvalue weighted by Gasteiger charge is -2.26. The fourth-order valence-electron chi connectivity index (χ4n) is 3.73. The highest BCUT2D eigenvalue weighted by atomic mass is 16.2. The minimum Gasteiger partial charge on any atom is -0.348 e. The molecule has 28 heavy (non-hydrogen) atoms. The molecule has 7 nitrogen and oxygen atoms in total. The fraction of sp³-hybridized carbons (Fsp3) is 0.286. The third-order valence-electron chi connectivity index (χ3n) is 5.17. The molecule has 144 valence electrons. The Morgan fingerprint density at radius 3 is 2.86 bits per heavy atom. The molecule has 2 amide bonds. The number of hydrogen-bond donors (Lipinski definition) is 3. The predicted molar refractivity (Wildman–Crippen MR) is 108 cm³/mol. The van der Waals surface area contributed by atoms with Gasteiger partial charge in [-0.3, -0.25) is 9.59 Å². The van der Waals surface area contributed by atoms with E-state index in [2.05, 4.69) is 15.3 Å². The van der Waals surface area contributed by atoms with Crippen molar-refractivity contribution in [1.29, 1.82) is 0 Å². The number of rotatable bonds is 5. The summed E-state index contributed by atoms with van der Waals surface area (Å²) in [6.07, 6.45) is 5.01. The van der Waals surface area contributed by atoms with Gasteiger partial charge >= 0.3 is 0 Å². The number of aromatic amines is 1. The highest BCUT2D eigenvalue weighted by Crippen LogP contribution is 2.23. The van der Waals surface area contributed by atoms with E-state index in [1.807, 2.05) is 42.5 Å². The summed E-state index contributed by atoms with van der Waals surface area (Å²) in [5.41, 5.74) is 7.62. The highest BCUT2D eigenvalue weighted by Gasteiger charge is 2.36. The van der Waals surface area contributed by atoms with E-state index in [4.69, 9.17) is 5.73 Å². The number of fused-ring (bicyclic) bond motifs is 1. The van der Waals surface area contributed by atoms with Crippen molar-refractivity contribution in [3.8, 4) is 0 Å². The molecule has 0 spiro atoms. The molecule has 0 saturated carbocycles. The minimum absolute atomic E-state index is 0.171. The topological polar surface area (TPSA) is 104 Å². The summed E-state index contributed by atoms with van der Waals surface area (Å²) in [5.74, 6) is -0.374. The summed E-state index contributed by atoms with van der Waals surface area (Å²) in [6, 6.07) is 12.6. The second kappa shape index (κ2) is 7.82. The van der Waals surface area contributed by atoms with Crippen LogP contribution < -0.4 is 11.1 Å². The zero-order valence-corrected chi connectivity index (χ0v) is 15.5. The monoisotopic (exact) mass is 377 g/mol. The first kappa shape index (κ1) is 18.2. The average Bonchev–Trinajstić information content (AvgIpc) is 3.39. The van der Waals surface area contributed by atoms with Crippen LogP contribution in [-0.4, -0.2) is 45.3 Å². The standard InChI is InChI=1S/C21H23N5O2/c22-18(11-17-12-23-13-24-17)21(28)26-9-3-6-19(26)20(27)25-16-8-7-14-4-1-2-5-15(14)10-16/h1-2,4-5,7-8,10,12-13,18-19H,3,6,9,11,22H2,(H,23,24)(H,25,27)/t18-,19-/m0/s1. The Kier molecular flexibility index (Phi) is 5.08. The Hall–Kier alpha value is -3.19. The van der Waals surface area contributed by atoms with E-state index in [0.717, 1.165) is 28.6 Å². The SMILES string of the molecule is N[C@@H](Cc1cnc[nH]1)C(=O)N1CCC[C@H]1C(=O)Nc1ccc2ccccc2c1. The Balaban J connectivity index is 1.44. The van der Waals surface area contributed by atoms with Gasteiger partial charge in [-0.25, -0.2) is 4.98 Å². The third-order valence-corrected chi connectivity index (χ3v) is 5.17. The van der Waals surface area contributed by atoms with Gasteiger partial charge in [0.25, 0.3) is 0 Å². The number of nitrogens with two attached hydrogens (primary N) is 1. The van der Waals surface area contributed by atoms with Crippen LogP contribution in [0.25, 0.3) is 10.8 Å². The van der Waals surface area contributed by atoms with Gasteiger partial charge in [0.05, 0.1) is 12.4 Å². The maximum absolute atomic E-state index is 12.8. The first-order chi connectivity index (χ1) is 13.6.